The maximum absolute atomic E-state index is 14.6. The summed E-state index contributed by atoms with van der Waals surface area (Å²) in [4.78, 5) is 132. The molecule has 422 valence electrons. The van der Waals surface area contributed by atoms with Crippen LogP contribution >= 0.6 is 25.3 Å². The molecule has 2 heterocycles. The van der Waals surface area contributed by atoms with Crippen LogP contribution in [0.3, 0.4) is 0 Å². The fourth-order valence-corrected chi connectivity index (χ4v) is 8.42. The van der Waals surface area contributed by atoms with Crippen LogP contribution in [-0.2, 0) is 62.4 Å². The molecule has 4 aromatic rings. The third-order valence-corrected chi connectivity index (χ3v) is 12.7. The second kappa shape index (κ2) is 31.6. The van der Waals surface area contributed by atoms with Gasteiger partial charge in [0.25, 0.3) is 0 Å². The molecular weight excluding hydrogens is 1050 g/mol. The third kappa shape index (κ3) is 20.7. The summed E-state index contributed by atoms with van der Waals surface area (Å²) < 4.78 is 0. The smallest absolute Gasteiger partial charge is 0.244 e. The predicted molar refractivity (Wildman–Crippen MR) is 296 cm³/mol. The Kier molecular flexibility index (Phi) is 25.2. The van der Waals surface area contributed by atoms with Gasteiger partial charge in [0.15, 0.2) is 11.9 Å². The molecule has 0 saturated heterocycles. The van der Waals surface area contributed by atoms with Crippen molar-refractivity contribution >= 4 is 101 Å². The number of primary amides is 1. The molecule has 0 bridgehead atoms. The molecule has 78 heavy (non-hydrogen) atoms. The van der Waals surface area contributed by atoms with E-state index in [-0.39, 0.29) is 75.0 Å². The number of nitrogens with two attached hydrogens (primary N) is 3. The first-order chi connectivity index (χ1) is 37.2. The summed E-state index contributed by atoms with van der Waals surface area (Å²) in [6, 6.07) is 5.52. The number of guanidine groups is 2. The van der Waals surface area contributed by atoms with Crippen molar-refractivity contribution in [2.75, 3.05) is 24.6 Å². The summed E-state index contributed by atoms with van der Waals surface area (Å²) in [7, 11) is 0. The fraction of sp³-hybridized carbons (Fsp3) is 0.429. The quantitative estimate of drug-likeness (QED) is 0.00987. The zero-order chi connectivity index (χ0) is 57.3. The number of thiol groups is 2. The Morgan fingerprint density at radius 2 is 1.04 bits per heavy atom. The lowest BCUT2D eigenvalue weighted by molar-refractivity contribution is -0.135. The van der Waals surface area contributed by atoms with Crippen molar-refractivity contribution < 1.29 is 43.2 Å². The van der Waals surface area contributed by atoms with E-state index in [1.807, 2.05) is 18.2 Å². The van der Waals surface area contributed by atoms with Crippen molar-refractivity contribution in [2.24, 2.45) is 17.2 Å². The molecule has 0 spiro atoms. The Bertz CT molecular complexity index is 2710. The zero-order valence-electron chi connectivity index (χ0n) is 43.1. The first-order valence-electron chi connectivity index (χ1n) is 24.8. The highest BCUT2D eigenvalue weighted by atomic mass is 32.1. The van der Waals surface area contributed by atoms with Crippen molar-refractivity contribution in [3.05, 3.63) is 90.1 Å². The van der Waals surface area contributed by atoms with Gasteiger partial charge in [-0.3, -0.25) is 54.0 Å². The molecule has 9 amide bonds. The number of amides is 9. The van der Waals surface area contributed by atoms with Crippen LogP contribution < -0.4 is 70.4 Å². The Morgan fingerprint density at radius 1 is 0.564 bits per heavy atom. The van der Waals surface area contributed by atoms with Gasteiger partial charge in [0.05, 0.1) is 6.33 Å². The molecule has 0 aliphatic carbocycles. The van der Waals surface area contributed by atoms with E-state index < -0.39 is 101 Å². The largest absolute Gasteiger partial charge is 0.370 e. The average molecular weight is 1120 g/mol. The zero-order valence-corrected chi connectivity index (χ0v) is 44.9. The van der Waals surface area contributed by atoms with Gasteiger partial charge >= 0.3 is 0 Å². The van der Waals surface area contributed by atoms with Gasteiger partial charge in [-0.15, -0.1) is 0 Å². The second-order valence-electron chi connectivity index (χ2n) is 18.1. The average Bonchev–Trinajstić information content (AvgIpc) is 4.10. The number of hydrogen-bond donors (Lipinski definition) is 19. The topological polar surface area (TPSA) is 444 Å². The van der Waals surface area contributed by atoms with Gasteiger partial charge in [-0.25, -0.2) is 4.98 Å². The van der Waals surface area contributed by atoms with Crippen molar-refractivity contribution in [2.45, 2.75) is 107 Å². The molecule has 29 heteroatoms. The summed E-state index contributed by atoms with van der Waals surface area (Å²) in [5.41, 5.74) is 18.7. The van der Waals surface area contributed by atoms with E-state index >= 15 is 0 Å². The molecule has 4 rings (SSSR count). The summed E-state index contributed by atoms with van der Waals surface area (Å²) in [6.07, 6.45) is 4.64. The summed E-state index contributed by atoms with van der Waals surface area (Å²) in [5, 5.41) is 41.9. The number of aromatic nitrogens is 3. The predicted octanol–water partition coefficient (Wildman–Crippen LogP) is -3.29. The second-order valence-corrected chi connectivity index (χ2v) is 18.8. The van der Waals surface area contributed by atoms with Crippen LogP contribution in [0.25, 0.3) is 10.9 Å². The number of carbonyl (C=O) groups is 9. The van der Waals surface area contributed by atoms with Gasteiger partial charge in [-0.2, -0.15) is 25.3 Å². The van der Waals surface area contributed by atoms with Crippen LogP contribution in [0.2, 0.25) is 0 Å². The first kappa shape index (κ1) is 62.2. The number of hydrogen-bond acceptors (Lipinski definition) is 14. The number of aromatic amines is 2. The maximum Gasteiger partial charge on any atom is 0.244 e. The molecule has 0 fully saturated rings. The Labute approximate surface area is 460 Å². The molecule has 27 nitrogen and oxygen atoms in total. The van der Waals surface area contributed by atoms with E-state index in [1.54, 1.807) is 42.6 Å². The molecule has 2 aromatic heterocycles. The fourth-order valence-electron chi connectivity index (χ4n) is 7.89. The van der Waals surface area contributed by atoms with Crippen LogP contribution in [-0.4, -0.2) is 153 Å². The van der Waals surface area contributed by atoms with Crippen LogP contribution in [0.4, 0.5) is 0 Å². The van der Waals surface area contributed by atoms with E-state index in [9.17, 15) is 43.2 Å². The third-order valence-electron chi connectivity index (χ3n) is 12.0. The number of fused-ring (bicyclic) bond motifs is 1. The molecule has 8 atom stereocenters. The summed E-state index contributed by atoms with van der Waals surface area (Å²) >= 11 is 8.36. The lowest BCUT2D eigenvalue weighted by atomic mass is 10.0. The van der Waals surface area contributed by atoms with Gasteiger partial charge in [-0.1, -0.05) is 48.5 Å². The molecule has 20 N–H and O–H groups in total. The minimum Gasteiger partial charge on any atom is -0.370 e. The van der Waals surface area contributed by atoms with Crippen LogP contribution in [0.1, 0.15) is 56.4 Å². The number of benzene rings is 2. The molecule has 0 saturated carbocycles. The van der Waals surface area contributed by atoms with Crippen molar-refractivity contribution in [1.29, 1.82) is 10.8 Å². The molecule has 0 unspecified atom stereocenters. The van der Waals surface area contributed by atoms with Gasteiger partial charge in [0, 0.05) is 79.8 Å². The molecule has 0 aliphatic rings. The lowest BCUT2D eigenvalue weighted by Crippen LogP contribution is -2.61. The summed E-state index contributed by atoms with van der Waals surface area (Å²) in [5.74, 6) is -7.98. The van der Waals surface area contributed by atoms with E-state index in [1.165, 1.54) is 26.4 Å². The molecule has 0 radical (unpaired) electrons. The Balaban J connectivity index is 1.58. The highest BCUT2D eigenvalue weighted by molar-refractivity contribution is 7.80. The normalized spacial score (nSPS) is 14.0. The van der Waals surface area contributed by atoms with E-state index in [0.717, 1.165) is 10.9 Å². The Hall–Kier alpha value is -8.34. The van der Waals surface area contributed by atoms with Crippen molar-refractivity contribution in [3.63, 3.8) is 0 Å². The minimum absolute atomic E-state index is 0.0679. The van der Waals surface area contributed by atoms with Crippen molar-refractivity contribution in [1.82, 2.24) is 68.1 Å². The minimum atomic E-state index is -1.42. The van der Waals surface area contributed by atoms with Crippen LogP contribution in [0.5, 0.6) is 0 Å². The number of nitrogens with zero attached hydrogens (tertiary/aromatic N) is 1. The highest BCUT2D eigenvalue weighted by Crippen LogP contribution is 2.20. The first-order valence-corrected chi connectivity index (χ1v) is 26.1. The van der Waals surface area contributed by atoms with Gasteiger partial charge in [-0.05, 0) is 49.8 Å². The van der Waals surface area contributed by atoms with Gasteiger partial charge < -0.3 is 80.3 Å². The van der Waals surface area contributed by atoms with Gasteiger partial charge in [0.1, 0.15) is 48.3 Å². The van der Waals surface area contributed by atoms with E-state index in [0.29, 0.717) is 23.2 Å². The number of nitrogens with one attached hydrogen (secondary N) is 14. The van der Waals surface area contributed by atoms with Crippen LogP contribution in [0.15, 0.2) is 73.3 Å². The standard InChI is InChI=1S/C49H70N18O9S2/c1-26(60-47(76)39(24-78)67-42(71)33(61-27(2)68)14-8-16-56-48(51)52)41(70)63-37(20-30-22-55-25-59-30)46(75)64-35(18-28-10-4-3-5-11-28)44(73)62-34(15-9-17-57-49(53)54)43(72)65-36(45(74)66-38(23-77)40(50)69)19-29-21-58-32-13-7-6-12-31(29)32/h3-7,10-13,21-22,25-26,33-39,58,77-78H,8-9,14-20,23-24H2,1-2H3,(H2,50,69)(H,55,59)(H,60,76)(H,61,68)(H,62,73)(H,63,70)(H,64,75)(H,65,72)(H,66,74)(H,67,71)(H4,51,52,56)(H4,53,54,57)/t26-,33+,34+,35-,36+,37+,38+,39+/m1/s1. The maximum atomic E-state index is 14.6. The van der Waals surface area contributed by atoms with E-state index in [4.69, 9.17) is 28.0 Å². The monoisotopic (exact) mass is 1120 g/mol. The molecule has 2 aromatic carbocycles. The number of para-hydroxylation sites is 1. The number of imidazole rings is 1. The Morgan fingerprint density at radius 3 is 1.58 bits per heavy atom. The number of carbonyl (C=O) groups excluding carboxylic acids is 9. The van der Waals surface area contributed by atoms with Crippen LogP contribution in [0, 0.1) is 10.8 Å². The van der Waals surface area contributed by atoms with Gasteiger partial charge in [0.2, 0.25) is 53.2 Å². The summed E-state index contributed by atoms with van der Waals surface area (Å²) in [6.45, 7) is 2.91. The number of H-pyrrole nitrogens is 2. The van der Waals surface area contributed by atoms with E-state index in [2.05, 4.69) is 93.4 Å². The van der Waals surface area contributed by atoms with Crippen molar-refractivity contribution in [3.8, 4) is 0 Å². The number of rotatable bonds is 32. The lowest BCUT2D eigenvalue weighted by Gasteiger charge is -2.27. The SMILES string of the molecule is CC(=O)N[C@@H](CCCNC(=N)N)C(=O)N[C@@H](CS)C(=O)N[C@H](C)C(=O)N[C@@H](Cc1cnc[nH]1)C(=O)N[C@H](Cc1ccccc1)C(=O)N[C@@H](CCCNC(=N)N)C(=O)N[C@@H](Cc1c[nH]c2ccccc12)C(=O)N[C@@H](CS)C(N)=O. The highest BCUT2D eigenvalue weighted by Gasteiger charge is 2.34. The molecular formula is C49H70N18O9S2. The molecule has 0 aliphatic heterocycles.